The Labute approximate surface area is 146 Å². The minimum atomic E-state index is -3.53. The maximum absolute atomic E-state index is 11.6. The van der Waals surface area contributed by atoms with E-state index >= 15 is 0 Å². The molecule has 0 aliphatic rings. The summed E-state index contributed by atoms with van der Waals surface area (Å²) in [5.41, 5.74) is 2.41. The Hall–Kier alpha value is -2.45. The van der Waals surface area contributed by atoms with Gasteiger partial charge in [0.1, 0.15) is 6.61 Å². The number of methoxy groups -OCH3 is 1. The number of aromatic nitrogens is 1. The fourth-order valence-electron chi connectivity index (χ4n) is 2.11. The molecule has 0 amide bonds. The molecule has 0 aliphatic carbocycles. The lowest BCUT2D eigenvalue weighted by Gasteiger charge is -2.11. The van der Waals surface area contributed by atoms with Gasteiger partial charge in [0.2, 0.25) is 5.88 Å². The highest BCUT2D eigenvalue weighted by Gasteiger charge is 2.11. The van der Waals surface area contributed by atoms with Crippen LogP contribution in [-0.4, -0.2) is 32.7 Å². The minimum absolute atomic E-state index is 0.0764. The quantitative estimate of drug-likeness (QED) is 0.549. The van der Waals surface area contributed by atoms with E-state index in [4.69, 9.17) is 13.7 Å². The third-order valence-electron chi connectivity index (χ3n) is 3.27. The minimum Gasteiger partial charge on any atom is -0.473 e. The van der Waals surface area contributed by atoms with Crippen LogP contribution in [0.4, 0.5) is 0 Å². The molecule has 1 aromatic carbocycles. The zero-order chi connectivity index (χ0) is 18.4. The molecule has 134 valence electrons. The van der Waals surface area contributed by atoms with E-state index in [9.17, 15) is 13.2 Å². The van der Waals surface area contributed by atoms with E-state index in [0.717, 1.165) is 11.8 Å². The summed E-state index contributed by atoms with van der Waals surface area (Å²) in [5.74, 6) is -0.198. The fourth-order valence-corrected chi connectivity index (χ4v) is 2.45. The second-order valence-electron chi connectivity index (χ2n) is 5.35. The fraction of sp³-hybridized carbons (Fsp3) is 0.294. The molecule has 0 radical (unpaired) electrons. The van der Waals surface area contributed by atoms with E-state index in [2.05, 4.69) is 4.98 Å². The van der Waals surface area contributed by atoms with Crippen molar-refractivity contribution in [3.05, 3.63) is 58.8 Å². The van der Waals surface area contributed by atoms with Crippen molar-refractivity contribution in [1.29, 1.82) is 0 Å². The zero-order valence-electron chi connectivity index (χ0n) is 14.2. The number of esters is 1. The molecule has 0 unspecified atom stereocenters. The molecule has 1 aromatic heterocycles. The van der Waals surface area contributed by atoms with Gasteiger partial charge in [-0.2, -0.15) is 8.42 Å². The third kappa shape index (κ3) is 5.84. The second kappa shape index (κ2) is 8.09. The van der Waals surface area contributed by atoms with Crippen LogP contribution in [0, 0.1) is 6.92 Å². The Morgan fingerprint density at radius 1 is 1.12 bits per heavy atom. The first-order valence-corrected chi connectivity index (χ1v) is 9.21. The van der Waals surface area contributed by atoms with E-state index in [0.29, 0.717) is 16.8 Å². The molecule has 0 spiro atoms. The average Bonchev–Trinajstić information content (AvgIpc) is 2.57. The lowest BCUT2D eigenvalue weighted by molar-refractivity contribution is 0.0599. The van der Waals surface area contributed by atoms with Gasteiger partial charge >= 0.3 is 5.97 Å². The van der Waals surface area contributed by atoms with E-state index in [1.807, 2.05) is 6.07 Å². The first-order chi connectivity index (χ1) is 11.8. The zero-order valence-corrected chi connectivity index (χ0v) is 15.0. The number of benzene rings is 1. The van der Waals surface area contributed by atoms with Gasteiger partial charge in [-0.3, -0.25) is 4.18 Å². The molecule has 0 aliphatic heterocycles. The van der Waals surface area contributed by atoms with E-state index < -0.39 is 16.1 Å². The lowest BCUT2D eigenvalue weighted by Crippen LogP contribution is -2.08. The van der Waals surface area contributed by atoms with Crippen LogP contribution in [0.5, 0.6) is 5.88 Å². The second-order valence-corrected chi connectivity index (χ2v) is 6.99. The number of nitrogens with zero attached hydrogens (tertiary/aromatic N) is 1. The number of ether oxygens (including phenoxy) is 2. The Morgan fingerprint density at radius 3 is 2.36 bits per heavy atom. The number of hydrogen-bond acceptors (Lipinski definition) is 7. The highest BCUT2D eigenvalue weighted by molar-refractivity contribution is 7.85. The van der Waals surface area contributed by atoms with Gasteiger partial charge in [-0.1, -0.05) is 24.3 Å². The number of aryl methyl sites for hydroxylation is 1. The topological polar surface area (TPSA) is 91.8 Å². The Morgan fingerprint density at radius 2 is 1.76 bits per heavy atom. The van der Waals surface area contributed by atoms with Crippen molar-refractivity contribution in [2.24, 2.45) is 0 Å². The van der Waals surface area contributed by atoms with Crippen LogP contribution >= 0.6 is 0 Å². The summed E-state index contributed by atoms with van der Waals surface area (Å²) in [6, 6.07) is 10.3. The number of hydrogen-bond donors (Lipinski definition) is 0. The van der Waals surface area contributed by atoms with E-state index in [1.165, 1.54) is 13.2 Å². The smallest absolute Gasteiger partial charge is 0.338 e. The van der Waals surface area contributed by atoms with Gasteiger partial charge in [-0.05, 0) is 24.1 Å². The van der Waals surface area contributed by atoms with Crippen LogP contribution < -0.4 is 4.74 Å². The Kier molecular flexibility index (Phi) is 6.11. The van der Waals surface area contributed by atoms with Crippen LogP contribution in [0.3, 0.4) is 0 Å². The Balaban J connectivity index is 2.14. The van der Waals surface area contributed by atoms with E-state index in [1.54, 1.807) is 31.2 Å². The lowest BCUT2D eigenvalue weighted by atomic mass is 10.1. The first-order valence-electron chi connectivity index (χ1n) is 7.39. The van der Waals surface area contributed by atoms with Crippen molar-refractivity contribution in [3.63, 3.8) is 0 Å². The van der Waals surface area contributed by atoms with Crippen LogP contribution in [0.2, 0.25) is 0 Å². The molecule has 25 heavy (non-hydrogen) atoms. The highest BCUT2D eigenvalue weighted by Crippen LogP contribution is 2.17. The molecule has 0 atom stereocenters. The average molecular weight is 365 g/mol. The van der Waals surface area contributed by atoms with Gasteiger partial charge < -0.3 is 9.47 Å². The number of pyridine rings is 1. The number of rotatable bonds is 7. The third-order valence-corrected chi connectivity index (χ3v) is 3.82. The summed E-state index contributed by atoms with van der Waals surface area (Å²) in [6.07, 6.45) is 0.997. The van der Waals surface area contributed by atoms with Crippen molar-refractivity contribution in [1.82, 2.24) is 4.98 Å². The maximum Gasteiger partial charge on any atom is 0.338 e. The molecule has 0 saturated carbocycles. The molecule has 2 rings (SSSR count). The summed E-state index contributed by atoms with van der Waals surface area (Å²) < 4.78 is 37.5. The molecule has 1 heterocycles. The van der Waals surface area contributed by atoms with Crippen molar-refractivity contribution in [2.45, 2.75) is 20.1 Å². The van der Waals surface area contributed by atoms with Gasteiger partial charge in [0.05, 0.1) is 25.5 Å². The van der Waals surface area contributed by atoms with Crippen molar-refractivity contribution in [2.75, 3.05) is 13.4 Å². The highest BCUT2D eigenvalue weighted by atomic mass is 32.2. The van der Waals surface area contributed by atoms with Crippen molar-refractivity contribution >= 4 is 16.1 Å². The molecule has 0 fully saturated rings. The van der Waals surface area contributed by atoms with Crippen LogP contribution in [-0.2, 0) is 32.3 Å². The van der Waals surface area contributed by atoms with Gasteiger partial charge in [0.25, 0.3) is 10.1 Å². The normalized spacial score (nSPS) is 11.2. The van der Waals surface area contributed by atoms with Gasteiger partial charge in [-0.25, -0.2) is 9.78 Å². The van der Waals surface area contributed by atoms with Crippen LogP contribution in [0.15, 0.2) is 36.4 Å². The van der Waals surface area contributed by atoms with Gasteiger partial charge in [0, 0.05) is 11.8 Å². The largest absolute Gasteiger partial charge is 0.473 e. The summed E-state index contributed by atoms with van der Waals surface area (Å²) in [4.78, 5) is 15.9. The molecule has 0 saturated heterocycles. The van der Waals surface area contributed by atoms with Crippen molar-refractivity contribution in [3.8, 4) is 5.88 Å². The summed E-state index contributed by atoms with van der Waals surface area (Å²) >= 11 is 0. The predicted molar refractivity (Wildman–Crippen MR) is 90.7 cm³/mol. The molecule has 2 aromatic rings. The molecule has 8 heteroatoms. The SMILES string of the molecule is COC(=O)c1cc(C)nc(OCc2ccccc2COS(C)(=O)=O)c1. The number of carbonyl (C=O) groups is 1. The Bertz CT molecular complexity index is 863. The summed E-state index contributed by atoms with van der Waals surface area (Å²) in [6.45, 7) is 1.82. The predicted octanol–water partition coefficient (Wildman–Crippen LogP) is 2.23. The standard InChI is InChI=1S/C17H19NO6S/c1-12-8-15(17(19)22-2)9-16(18-12)23-10-13-6-4-5-7-14(13)11-24-25(3,20)21/h4-9H,10-11H2,1-3H3. The van der Waals surface area contributed by atoms with Crippen LogP contribution in [0.25, 0.3) is 0 Å². The summed E-state index contributed by atoms with van der Waals surface area (Å²) in [5, 5.41) is 0. The van der Waals surface area contributed by atoms with Gasteiger partial charge in [0.15, 0.2) is 0 Å². The monoisotopic (exact) mass is 365 g/mol. The van der Waals surface area contributed by atoms with Crippen LogP contribution in [0.1, 0.15) is 27.2 Å². The van der Waals surface area contributed by atoms with E-state index in [-0.39, 0.29) is 19.1 Å². The molecule has 7 nitrogen and oxygen atoms in total. The number of carbonyl (C=O) groups excluding carboxylic acids is 1. The molecular weight excluding hydrogens is 346 g/mol. The molecular formula is C17H19NO6S. The maximum atomic E-state index is 11.6. The van der Waals surface area contributed by atoms with Gasteiger partial charge in [-0.15, -0.1) is 0 Å². The summed E-state index contributed by atoms with van der Waals surface area (Å²) in [7, 11) is -2.23. The first kappa shape index (κ1) is 18.9. The van der Waals surface area contributed by atoms with Crippen molar-refractivity contribution < 1.29 is 26.9 Å². The molecule has 0 N–H and O–H groups in total. The molecule has 0 bridgehead atoms.